The molecule has 0 rings (SSSR count). The summed E-state index contributed by atoms with van der Waals surface area (Å²) in [5.74, 6) is 0. The molecule has 0 atom stereocenters. The highest BCUT2D eigenvalue weighted by Crippen LogP contribution is 2.15. The van der Waals surface area contributed by atoms with E-state index in [1.807, 2.05) is 0 Å². The molecule has 0 aromatic rings. The number of alkyl halides is 3. The van der Waals surface area contributed by atoms with E-state index in [9.17, 15) is 8.78 Å². The molecule has 0 heterocycles. The van der Waals surface area contributed by atoms with E-state index in [2.05, 4.69) is 33.0 Å². The molecule has 0 saturated carbocycles. The van der Waals surface area contributed by atoms with E-state index in [-0.39, 0.29) is 0 Å². The van der Waals surface area contributed by atoms with Crippen LogP contribution in [0, 0.1) is 0 Å². The molecule has 0 aromatic carbocycles. The second kappa shape index (κ2) is 6.20. The molecule has 8 heavy (non-hydrogen) atoms. The Morgan fingerprint density at radius 3 is 1.38 bits per heavy atom. The molecule has 0 fully saturated rings. The Balaban J connectivity index is 0. The molecule has 0 radical (unpaired) electrons. The minimum Gasteiger partial charge on any atom is -0.189 e. The first-order valence-electron chi connectivity index (χ1n) is 1.38. The number of hydrogen-bond acceptors (Lipinski definition) is 1. The fraction of sp³-hybridized carbons (Fsp3) is 1.00. The first-order valence-corrected chi connectivity index (χ1v) is 4.22. The second-order valence-corrected chi connectivity index (χ2v) is 3.02. The largest absolute Gasteiger partial charge is 0.318 e. The van der Waals surface area contributed by atoms with E-state index in [0.717, 1.165) is 0 Å². The Morgan fingerprint density at radius 2 is 1.38 bits per heavy atom. The molecule has 0 N–H and O–H groups in total. The zero-order chi connectivity index (χ0) is 7.21. The van der Waals surface area contributed by atoms with E-state index in [0.29, 0.717) is 17.1 Å². The van der Waals surface area contributed by atoms with Crippen molar-refractivity contribution in [3.63, 3.8) is 0 Å². The fourth-order valence-corrected chi connectivity index (χ4v) is 0. The summed E-state index contributed by atoms with van der Waals surface area (Å²) in [6.45, 7) is 0.620. The van der Waals surface area contributed by atoms with Crippen LogP contribution < -0.4 is 0 Å². The normalized spacial score (nSPS) is 9.75. The lowest BCUT2D eigenvalue weighted by atomic mass is 10.9. The molecule has 0 amide bonds. The summed E-state index contributed by atoms with van der Waals surface area (Å²) in [5, 5.41) is -3.03. The highest BCUT2D eigenvalue weighted by molar-refractivity contribution is 8.38. The molecular weight excluding hydrogens is 200 g/mol. The van der Waals surface area contributed by atoms with Crippen LogP contribution in [0.4, 0.5) is 8.78 Å². The summed E-state index contributed by atoms with van der Waals surface area (Å²) in [6.07, 6.45) is 0. The zero-order valence-corrected chi connectivity index (χ0v) is 6.88. The van der Waals surface area contributed by atoms with Gasteiger partial charge in [0.2, 0.25) is 0 Å². The molecule has 0 nitrogen and oxygen atoms in total. The van der Waals surface area contributed by atoms with Gasteiger partial charge in [-0.2, -0.15) is 8.78 Å². The average Bonchev–Trinajstić information content (AvgIpc) is 1.27. The number of halogens is 5. The Hall–Kier alpha value is 1.08. The van der Waals surface area contributed by atoms with Crippen molar-refractivity contribution < 1.29 is 8.78 Å². The molecular formula is C2H3Cl3F2S. The van der Waals surface area contributed by atoms with Gasteiger partial charge in [0.05, 0.1) is 10.2 Å². The lowest BCUT2D eigenvalue weighted by Gasteiger charge is -1.90. The molecule has 52 valence electrons. The fourth-order valence-electron chi connectivity index (χ4n) is 0. The third kappa shape index (κ3) is 224. The Kier molecular flexibility index (Phi) is 9.17. The lowest BCUT2D eigenvalue weighted by Crippen LogP contribution is -1.92. The molecule has 0 spiro atoms. The van der Waals surface area contributed by atoms with Crippen molar-refractivity contribution in [1.29, 1.82) is 0 Å². The van der Waals surface area contributed by atoms with E-state index >= 15 is 0 Å². The summed E-state index contributed by atoms with van der Waals surface area (Å²) >= 11 is 4.20. The van der Waals surface area contributed by atoms with E-state index < -0.39 is 5.38 Å². The Morgan fingerprint density at radius 1 is 1.38 bits per heavy atom. The molecule has 0 bridgehead atoms. The van der Waals surface area contributed by atoms with Crippen LogP contribution in [0.15, 0.2) is 0 Å². The van der Waals surface area contributed by atoms with Crippen molar-refractivity contribution in [3.05, 3.63) is 0 Å². The summed E-state index contributed by atoms with van der Waals surface area (Å²) in [7, 11) is 10.1. The zero-order valence-electron chi connectivity index (χ0n) is 3.80. The van der Waals surface area contributed by atoms with Gasteiger partial charge in [0.15, 0.2) is 0 Å². The van der Waals surface area contributed by atoms with E-state index in [1.54, 1.807) is 0 Å². The Bertz CT molecular complexity index is 39.0. The van der Waals surface area contributed by atoms with Crippen LogP contribution in [0.1, 0.15) is 6.92 Å². The van der Waals surface area contributed by atoms with Gasteiger partial charge in [-0.3, -0.25) is 0 Å². The monoisotopic (exact) mass is 202 g/mol. The maximum absolute atomic E-state index is 10.8. The van der Waals surface area contributed by atoms with Gasteiger partial charge in [-0.1, -0.05) is 0 Å². The molecule has 0 aromatic heterocycles. The Labute approximate surface area is 64.5 Å². The van der Waals surface area contributed by atoms with Crippen LogP contribution in [0.3, 0.4) is 0 Å². The van der Waals surface area contributed by atoms with Crippen LogP contribution in [0.5, 0.6) is 0 Å². The second-order valence-electron chi connectivity index (χ2n) is 0.840. The van der Waals surface area contributed by atoms with Crippen LogP contribution in [0.25, 0.3) is 0 Å². The summed E-state index contributed by atoms with van der Waals surface area (Å²) in [5.41, 5.74) is 0. The van der Waals surface area contributed by atoms with Gasteiger partial charge >= 0.3 is 5.38 Å². The van der Waals surface area contributed by atoms with Crippen LogP contribution in [0.2, 0.25) is 0 Å². The van der Waals surface area contributed by atoms with Gasteiger partial charge < -0.3 is 0 Å². The quantitative estimate of drug-likeness (QED) is 0.539. The molecule has 0 aliphatic heterocycles. The number of rotatable bonds is 0. The van der Waals surface area contributed by atoms with Gasteiger partial charge in [-0.25, -0.2) is 0 Å². The van der Waals surface area contributed by atoms with Crippen molar-refractivity contribution in [2.75, 3.05) is 0 Å². The first kappa shape index (κ1) is 11.8. The van der Waals surface area contributed by atoms with Crippen molar-refractivity contribution >= 4 is 43.2 Å². The topological polar surface area (TPSA) is 0 Å². The van der Waals surface area contributed by atoms with Crippen molar-refractivity contribution in [3.8, 4) is 0 Å². The van der Waals surface area contributed by atoms with Crippen molar-refractivity contribution in [1.82, 2.24) is 0 Å². The third-order valence-electron chi connectivity index (χ3n) is 0. The minimum atomic E-state index is -3.03. The van der Waals surface area contributed by atoms with Crippen LogP contribution in [-0.2, 0) is 0 Å². The van der Waals surface area contributed by atoms with Gasteiger partial charge in [0.1, 0.15) is 0 Å². The standard InChI is InChI=1S/C2H3ClF2.Cl2S/c1-2(3,4)5;1-3-2/h1H3;. The maximum atomic E-state index is 10.8. The van der Waals surface area contributed by atoms with Crippen molar-refractivity contribution in [2.45, 2.75) is 12.3 Å². The van der Waals surface area contributed by atoms with Crippen LogP contribution in [-0.4, -0.2) is 5.38 Å². The molecule has 0 aliphatic rings. The summed E-state index contributed by atoms with van der Waals surface area (Å²) in [4.78, 5) is 0. The molecule has 0 unspecified atom stereocenters. The number of hydrogen-bond donors (Lipinski definition) is 0. The summed E-state index contributed by atoms with van der Waals surface area (Å²) in [6, 6.07) is 0. The highest BCUT2D eigenvalue weighted by Gasteiger charge is 2.12. The average molecular weight is 203 g/mol. The minimum absolute atomic E-state index is 0.620. The maximum Gasteiger partial charge on any atom is 0.318 e. The summed E-state index contributed by atoms with van der Waals surface area (Å²) < 4.78 is 21.6. The molecule has 0 aliphatic carbocycles. The van der Waals surface area contributed by atoms with Gasteiger partial charge in [0.25, 0.3) is 0 Å². The predicted molar refractivity (Wildman–Crippen MR) is 35.8 cm³/mol. The molecule has 6 heteroatoms. The van der Waals surface area contributed by atoms with E-state index in [4.69, 9.17) is 0 Å². The van der Waals surface area contributed by atoms with E-state index in [1.165, 1.54) is 0 Å². The highest BCUT2D eigenvalue weighted by atomic mass is 36.0. The SMILES string of the molecule is CC(F)(F)Cl.ClSCl. The lowest BCUT2D eigenvalue weighted by molar-refractivity contribution is 0.119. The first-order chi connectivity index (χ1) is 3.41. The smallest absolute Gasteiger partial charge is 0.189 e. The van der Waals surface area contributed by atoms with Crippen molar-refractivity contribution in [2.24, 2.45) is 0 Å². The van der Waals surface area contributed by atoms with Gasteiger partial charge in [0, 0.05) is 6.92 Å². The van der Waals surface area contributed by atoms with Gasteiger partial charge in [-0.05, 0) is 33.0 Å². The van der Waals surface area contributed by atoms with Gasteiger partial charge in [-0.15, -0.1) is 0 Å². The third-order valence-corrected chi connectivity index (χ3v) is 0. The predicted octanol–water partition coefficient (Wildman–Crippen LogP) is 3.87. The molecule has 0 saturated heterocycles. The van der Waals surface area contributed by atoms with Crippen LogP contribution >= 0.6 is 43.2 Å².